The van der Waals surface area contributed by atoms with Crippen LogP contribution in [-0.2, 0) is 16.9 Å². The Bertz CT molecular complexity index is 760. The van der Waals surface area contributed by atoms with Crippen molar-refractivity contribution in [1.29, 1.82) is 0 Å². The largest absolute Gasteiger partial charge is 0.383 e. The van der Waals surface area contributed by atoms with Gasteiger partial charge in [0, 0.05) is 26.1 Å². The van der Waals surface area contributed by atoms with Gasteiger partial charge in [0.25, 0.3) is 0 Å². The topological polar surface area (TPSA) is 74.5 Å². The highest BCUT2D eigenvalue weighted by Gasteiger charge is 2.46. The summed E-state index contributed by atoms with van der Waals surface area (Å²) in [5.74, 6) is 0.166. The molecule has 1 N–H and O–H groups in total. The summed E-state index contributed by atoms with van der Waals surface area (Å²) < 4.78 is 1.75. The van der Waals surface area contributed by atoms with Gasteiger partial charge in [0.2, 0.25) is 5.91 Å². The molecule has 2 aliphatic heterocycles. The molecule has 2 atom stereocenters. The van der Waals surface area contributed by atoms with Crippen molar-refractivity contribution in [2.45, 2.75) is 50.3 Å². The average molecular weight is 383 g/mol. The molecule has 3 heterocycles. The summed E-state index contributed by atoms with van der Waals surface area (Å²) in [6.45, 7) is 3.87. The van der Waals surface area contributed by atoms with Gasteiger partial charge in [0.15, 0.2) is 0 Å². The standard InChI is InChI=1S/C21H29N5O2/c27-20(9-6-13-26-17-22-16-23-26)25-14-10-21(28,18-7-2-1-3-8-18)19(15-25)24-11-4-5-12-24/h1-3,7-8,16-17,19,28H,4-6,9-15H2/t19-,21+/m1/s1. The van der Waals surface area contributed by atoms with Crippen molar-refractivity contribution in [1.82, 2.24) is 24.6 Å². The lowest BCUT2D eigenvalue weighted by atomic mass is 9.79. The van der Waals surface area contributed by atoms with Crippen molar-refractivity contribution in [3.63, 3.8) is 0 Å². The van der Waals surface area contributed by atoms with Crippen LogP contribution in [0.25, 0.3) is 0 Å². The number of piperidine rings is 1. The number of aromatic nitrogens is 3. The van der Waals surface area contributed by atoms with Crippen molar-refractivity contribution < 1.29 is 9.90 Å². The molecule has 0 saturated carbocycles. The zero-order valence-electron chi connectivity index (χ0n) is 16.3. The summed E-state index contributed by atoms with van der Waals surface area (Å²) in [7, 11) is 0. The molecule has 2 aliphatic rings. The molecular formula is C21H29N5O2. The van der Waals surface area contributed by atoms with Crippen LogP contribution in [-0.4, -0.2) is 67.8 Å². The van der Waals surface area contributed by atoms with Crippen molar-refractivity contribution in [2.75, 3.05) is 26.2 Å². The summed E-state index contributed by atoms with van der Waals surface area (Å²) >= 11 is 0. The smallest absolute Gasteiger partial charge is 0.222 e. The highest BCUT2D eigenvalue weighted by atomic mass is 16.3. The van der Waals surface area contributed by atoms with Crippen molar-refractivity contribution in [3.05, 3.63) is 48.5 Å². The van der Waals surface area contributed by atoms with E-state index >= 15 is 0 Å². The zero-order valence-corrected chi connectivity index (χ0v) is 16.3. The Morgan fingerprint density at radius 3 is 2.68 bits per heavy atom. The van der Waals surface area contributed by atoms with E-state index in [0.717, 1.165) is 37.9 Å². The number of likely N-dealkylation sites (tertiary alicyclic amines) is 2. The maximum atomic E-state index is 12.8. The van der Waals surface area contributed by atoms with Crippen LogP contribution < -0.4 is 0 Å². The molecule has 0 radical (unpaired) electrons. The first-order valence-corrected chi connectivity index (χ1v) is 10.3. The molecule has 150 valence electrons. The molecule has 28 heavy (non-hydrogen) atoms. The van der Waals surface area contributed by atoms with Crippen LogP contribution in [0.2, 0.25) is 0 Å². The van der Waals surface area contributed by atoms with Crippen LogP contribution in [0.5, 0.6) is 0 Å². The lowest BCUT2D eigenvalue weighted by molar-refractivity contribution is -0.143. The Morgan fingerprint density at radius 2 is 1.96 bits per heavy atom. The molecule has 0 spiro atoms. The van der Waals surface area contributed by atoms with E-state index in [1.165, 1.54) is 6.33 Å². The van der Waals surface area contributed by atoms with Gasteiger partial charge in [-0.1, -0.05) is 30.3 Å². The molecule has 1 aromatic carbocycles. The fourth-order valence-electron chi connectivity index (χ4n) is 4.58. The molecule has 7 nitrogen and oxygen atoms in total. The minimum Gasteiger partial charge on any atom is -0.383 e. The quantitative estimate of drug-likeness (QED) is 0.821. The summed E-state index contributed by atoms with van der Waals surface area (Å²) in [5, 5.41) is 15.7. The van der Waals surface area contributed by atoms with E-state index in [2.05, 4.69) is 15.0 Å². The molecule has 4 rings (SSSR count). The number of nitrogens with zero attached hydrogens (tertiary/aromatic N) is 5. The molecule has 2 fully saturated rings. The molecular weight excluding hydrogens is 354 g/mol. The normalized spacial score (nSPS) is 25.9. The maximum Gasteiger partial charge on any atom is 0.222 e. The van der Waals surface area contributed by atoms with E-state index in [1.54, 1.807) is 11.0 Å². The Kier molecular flexibility index (Phi) is 5.73. The third kappa shape index (κ3) is 3.95. The van der Waals surface area contributed by atoms with Crippen LogP contribution in [0.1, 0.15) is 37.7 Å². The van der Waals surface area contributed by atoms with E-state index in [4.69, 9.17) is 0 Å². The monoisotopic (exact) mass is 383 g/mol. The molecule has 7 heteroatoms. The third-order valence-corrected chi connectivity index (χ3v) is 6.16. The molecule has 1 amide bonds. The minimum absolute atomic E-state index is 0.0505. The third-order valence-electron chi connectivity index (χ3n) is 6.16. The number of hydrogen-bond acceptors (Lipinski definition) is 5. The Labute approximate surface area is 166 Å². The maximum absolute atomic E-state index is 12.8. The number of hydrogen-bond donors (Lipinski definition) is 1. The number of amides is 1. The van der Waals surface area contributed by atoms with Gasteiger partial charge in [0.1, 0.15) is 18.3 Å². The first kappa shape index (κ1) is 19.1. The Morgan fingerprint density at radius 1 is 1.18 bits per heavy atom. The number of rotatable bonds is 6. The van der Waals surface area contributed by atoms with Crippen LogP contribution in [0.3, 0.4) is 0 Å². The van der Waals surface area contributed by atoms with Crippen LogP contribution in [0, 0.1) is 0 Å². The number of carbonyl (C=O) groups is 1. The second kappa shape index (κ2) is 8.41. The van der Waals surface area contributed by atoms with Crippen LogP contribution in [0.4, 0.5) is 0 Å². The van der Waals surface area contributed by atoms with Gasteiger partial charge in [-0.05, 0) is 44.3 Å². The predicted molar refractivity (Wildman–Crippen MR) is 105 cm³/mol. The second-order valence-corrected chi connectivity index (χ2v) is 7.90. The summed E-state index contributed by atoms with van der Waals surface area (Å²) in [5.41, 5.74) is 0.0634. The zero-order chi connectivity index (χ0) is 19.4. The predicted octanol–water partition coefficient (Wildman–Crippen LogP) is 1.64. The highest BCUT2D eigenvalue weighted by Crippen LogP contribution is 2.37. The Hall–Kier alpha value is -2.25. The second-order valence-electron chi connectivity index (χ2n) is 7.90. The minimum atomic E-state index is -0.900. The van der Waals surface area contributed by atoms with E-state index in [9.17, 15) is 9.90 Å². The lowest BCUT2D eigenvalue weighted by Gasteiger charge is -2.48. The first-order valence-electron chi connectivity index (χ1n) is 10.3. The van der Waals surface area contributed by atoms with Crippen LogP contribution >= 0.6 is 0 Å². The number of carbonyl (C=O) groups excluding carboxylic acids is 1. The number of aliphatic hydroxyl groups is 1. The van der Waals surface area contributed by atoms with E-state index in [1.807, 2.05) is 35.2 Å². The summed E-state index contributed by atoms with van der Waals surface area (Å²) in [6, 6.07) is 9.92. The molecule has 1 aromatic heterocycles. The van der Waals surface area contributed by atoms with Gasteiger partial charge in [0.05, 0.1) is 6.04 Å². The molecule has 2 saturated heterocycles. The fraction of sp³-hybridized carbons (Fsp3) is 0.571. The van der Waals surface area contributed by atoms with Crippen molar-refractivity contribution in [2.24, 2.45) is 0 Å². The lowest BCUT2D eigenvalue weighted by Crippen LogP contribution is -2.61. The molecule has 0 bridgehead atoms. The van der Waals surface area contributed by atoms with Gasteiger partial charge < -0.3 is 10.0 Å². The van der Waals surface area contributed by atoms with Gasteiger partial charge in [-0.2, -0.15) is 5.10 Å². The molecule has 0 unspecified atom stereocenters. The van der Waals surface area contributed by atoms with E-state index in [0.29, 0.717) is 32.5 Å². The van der Waals surface area contributed by atoms with Gasteiger partial charge in [-0.15, -0.1) is 0 Å². The molecule has 2 aromatic rings. The van der Waals surface area contributed by atoms with Gasteiger partial charge >= 0.3 is 0 Å². The number of aryl methyl sites for hydroxylation is 1. The highest BCUT2D eigenvalue weighted by molar-refractivity contribution is 5.76. The fourth-order valence-corrected chi connectivity index (χ4v) is 4.58. The molecule has 0 aliphatic carbocycles. The SMILES string of the molecule is O=C(CCCn1cncn1)N1CC[C@](O)(c2ccccc2)[C@H](N2CCCC2)C1. The first-order chi connectivity index (χ1) is 13.7. The van der Waals surface area contributed by atoms with Crippen LogP contribution in [0.15, 0.2) is 43.0 Å². The van der Waals surface area contributed by atoms with Crippen molar-refractivity contribution >= 4 is 5.91 Å². The van der Waals surface area contributed by atoms with Gasteiger partial charge in [-0.25, -0.2) is 4.98 Å². The van der Waals surface area contributed by atoms with Crippen molar-refractivity contribution in [3.8, 4) is 0 Å². The summed E-state index contributed by atoms with van der Waals surface area (Å²) in [4.78, 5) is 21.1. The summed E-state index contributed by atoms with van der Waals surface area (Å²) in [6.07, 6.45) is 7.33. The Balaban J connectivity index is 1.43. The van der Waals surface area contributed by atoms with Gasteiger partial charge in [-0.3, -0.25) is 14.4 Å². The van der Waals surface area contributed by atoms with E-state index in [-0.39, 0.29) is 11.9 Å². The number of benzene rings is 1. The van der Waals surface area contributed by atoms with E-state index < -0.39 is 5.60 Å². The average Bonchev–Trinajstić information content (AvgIpc) is 3.43.